The van der Waals surface area contributed by atoms with Crippen LogP contribution in [0.2, 0.25) is 0 Å². The summed E-state index contributed by atoms with van der Waals surface area (Å²) in [5, 5.41) is 20.6. The fraction of sp³-hybridized carbons (Fsp3) is 0.538. The molecule has 0 aliphatic heterocycles. The largest absolute Gasteiger partial charge is 0.487 e. The average Bonchev–Trinajstić information content (AvgIpc) is 2.37. The summed E-state index contributed by atoms with van der Waals surface area (Å²) >= 11 is 0. The lowest BCUT2D eigenvalue weighted by Crippen LogP contribution is -2.14. The molecule has 0 amide bonds. The lowest BCUT2D eigenvalue weighted by atomic mass is 9.93. The maximum atomic E-state index is 10.8. The summed E-state index contributed by atoms with van der Waals surface area (Å²) in [7, 11) is 0. The molecule has 0 heterocycles. The number of hydrogen-bond acceptors (Lipinski definition) is 4. The second-order valence-electron chi connectivity index (χ2n) is 4.18. The summed E-state index contributed by atoms with van der Waals surface area (Å²) in [6.45, 7) is 5.94. The van der Waals surface area contributed by atoms with Crippen LogP contribution in [0.1, 0.15) is 38.7 Å². The fourth-order valence-corrected chi connectivity index (χ4v) is 1.81. The van der Waals surface area contributed by atoms with Gasteiger partial charge >= 0.3 is 5.69 Å². The fourth-order valence-electron chi connectivity index (χ4n) is 1.81. The van der Waals surface area contributed by atoms with Crippen LogP contribution in [-0.2, 0) is 0 Å². The standard InChI is InChI=1S/C13H19NO4/c1-4-12(15)9(3)10-6-7-11(14(16)17)13(8-10)18-5-2/h6-9,12,15H,4-5H2,1-3H3. The van der Waals surface area contributed by atoms with E-state index in [1.165, 1.54) is 6.07 Å². The van der Waals surface area contributed by atoms with Crippen molar-refractivity contribution >= 4 is 5.69 Å². The van der Waals surface area contributed by atoms with Crippen molar-refractivity contribution in [3.63, 3.8) is 0 Å². The summed E-state index contributed by atoms with van der Waals surface area (Å²) in [5.74, 6) is 0.185. The summed E-state index contributed by atoms with van der Waals surface area (Å²) in [5.41, 5.74) is 0.803. The maximum Gasteiger partial charge on any atom is 0.310 e. The van der Waals surface area contributed by atoms with Crippen LogP contribution < -0.4 is 4.74 Å². The van der Waals surface area contributed by atoms with E-state index >= 15 is 0 Å². The van der Waals surface area contributed by atoms with Gasteiger partial charge in [-0.2, -0.15) is 0 Å². The Labute approximate surface area is 107 Å². The monoisotopic (exact) mass is 253 g/mol. The van der Waals surface area contributed by atoms with Gasteiger partial charge in [0.2, 0.25) is 0 Å². The summed E-state index contributed by atoms with van der Waals surface area (Å²) in [6, 6.07) is 4.74. The molecule has 0 bridgehead atoms. The van der Waals surface area contributed by atoms with Gasteiger partial charge in [-0.1, -0.05) is 19.9 Å². The third-order valence-corrected chi connectivity index (χ3v) is 3.00. The minimum atomic E-state index is -0.463. The first kappa shape index (κ1) is 14.4. The Kier molecular flexibility index (Phi) is 5.09. The third-order valence-electron chi connectivity index (χ3n) is 3.00. The Morgan fingerprint density at radius 1 is 1.44 bits per heavy atom. The Morgan fingerprint density at radius 3 is 2.61 bits per heavy atom. The minimum absolute atomic E-state index is 0.0428. The van der Waals surface area contributed by atoms with Gasteiger partial charge in [0.15, 0.2) is 5.75 Å². The molecule has 0 aliphatic carbocycles. The van der Waals surface area contributed by atoms with Crippen LogP contribution in [0.25, 0.3) is 0 Å². The van der Waals surface area contributed by atoms with Gasteiger partial charge in [-0.3, -0.25) is 10.1 Å². The smallest absolute Gasteiger partial charge is 0.310 e. The van der Waals surface area contributed by atoms with Crippen molar-refractivity contribution in [2.75, 3.05) is 6.61 Å². The van der Waals surface area contributed by atoms with E-state index in [0.29, 0.717) is 13.0 Å². The lowest BCUT2D eigenvalue weighted by Gasteiger charge is -2.18. The molecule has 0 aliphatic rings. The van der Waals surface area contributed by atoms with Crippen molar-refractivity contribution in [3.8, 4) is 5.75 Å². The van der Waals surface area contributed by atoms with Gasteiger partial charge in [0, 0.05) is 12.0 Å². The Balaban J connectivity index is 3.10. The van der Waals surface area contributed by atoms with Crippen molar-refractivity contribution in [3.05, 3.63) is 33.9 Å². The van der Waals surface area contributed by atoms with Crippen LogP contribution in [0.4, 0.5) is 5.69 Å². The predicted molar refractivity (Wildman–Crippen MR) is 69.0 cm³/mol. The van der Waals surface area contributed by atoms with Gasteiger partial charge < -0.3 is 9.84 Å². The van der Waals surface area contributed by atoms with Crippen LogP contribution in [0, 0.1) is 10.1 Å². The molecule has 5 nitrogen and oxygen atoms in total. The van der Waals surface area contributed by atoms with E-state index in [0.717, 1.165) is 5.56 Å². The quantitative estimate of drug-likeness (QED) is 0.625. The first-order valence-corrected chi connectivity index (χ1v) is 6.10. The molecule has 0 fully saturated rings. The van der Waals surface area contributed by atoms with Gasteiger partial charge in [0.05, 0.1) is 17.6 Å². The summed E-state index contributed by atoms with van der Waals surface area (Å²) in [6.07, 6.45) is 0.184. The van der Waals surface area contributed by atoms with Crippen molar-refractivity contribution < 1.29 is 14.8 Å². The molecule has 2 unspecified atom stereocenters. The highest BCUT2D eigenvalue weighted by Gasteiger charge is 2.20. The number of hydrogen-bond donors (Lipinski definition) is 1. The number of aliphatic hydroxyl groups excluding tert-OH is 1. The molecule has 0 saturated carbocycles. The normalized spacial score (nSPS) is 14.0. The third kappa shape index (κ3) is 3.20. The van der Waals surface area contributed by atoms with Gasteiger partial charge in [-0.05, 0) is 25.0 Å². The first-order chi connectivity index (χ1) is 8.51. The van der Waals surface area contributed by atoms with E-state index < -0.39 is 11.0 Å². The number of benzene rings is 1. The molecule has 0 aromatic heterocycles. The zero-order valence-electron chi connectivity index (χ0n) is 10.9. The molecule has 0 saturated heterocycles. The van der Waals surface area contributed by atoms with E-state index in [1.54, 1.807) is 19.1 Å². The van der Waals surface area contributed by atoms with E-state index in [4.69, 9.17) is 4.74 Å². The Hall–Kier alpha value is -1.62. The van der Waals surface area contributed by atoms with E-state index in [-0.39, 0.29) is 17.4 Å². The zero-order chi connectivity index (χ0) is 13.7. The molecule has 100 valence electrons. The number of ether oxygens (including phenoxy) is 1. The van der Waals surface area contributed by atoms with Crippen LogP contribution in [0.5, 0.6) is 5.75 Å². The van der Waals surface area contributed by atoms with Crippen molar-refractivity contribution in [2.45, 2.75) is 39.2 Å². The first-order valence-electron chi connectivity index (χ1n) is 6.10. The van der Waals surface area contributed by atoms with Crippen molar-refractivity contribution in [1.29, 1.82) is 0 Å². The second kappa shape index (κ2) is 6.35. The molecule has 1 N–H and O–H groups in total. The van der Waals surface area contributed by atoms with E-state index in [1.807, 2.05) is 13.8 Å². The molecular weight excluding hydrogens is 234 g/mol. The van der Waals surface area contributed by atoms with E-state index in [9.17, 15) is 15.2 Å². The predicted octanol–water partition coefficient (Wildman–Crippen LogP) is 2.87. The Morgan fingerprint density at radius 2 is 2.11 bits per heavy atom. The van der Waals surface area contributed by atoms with Crippen LogP contribution in [0.3, 0.4) is 0 Å². The molecular formula is C13H19NO4. The molecule has 1 aromatic rings. The van der Waals surface area contributed by atoms with Gasteiger partial charge in [-0.15, -0.1) is 0 Å². The molecule has 1 aromatic carbocycles. The zero-order valence-corrected chi connectivity index (χ0v) is 10.9. The summed E-state index contributed by atoms with van der Waals surface area (Å²) < 4.78 is 5.28. The molecule has 18 heavy (non-hydrogen) atoms. The summed E-state index contributed by atoms with van der Waals surface area (Å²) in [4.78, 5) is 10.4. The minimum Gasteiger partial charge on any atom is -0.487 e. The Bertz CT molecular complexity index is 419. The van der Waals surface area contributed by atoms with Crippen molar-refractivity contribution in [2.24, 2.45) is 0 Å². The van der Waals surface area contributed by atoms with Gasteiger partial charge in [0.1, 0.15) is 0 Å². The molecule has 0 spiro atoms. The molecule has 5 heteroatoms. The molecule has 2 atom stereocenters. The van der Waals surface area contributed by atoms with Crippen LogP contribution in [-0.4, -0.2) is 22.7 Å². The molecule has 1 rings (SSSR count). The van der Waals surface area contributed by atoms with Crippen molar-refractivity contribution in [1.82, 2.24) is 0 Å². The number of nitro groups is 1. The van der Waals surface area contributed by atoms with Gasteiger partial charge in [-0.25, -0.2) is 0 Å². The highest BCUT2D eigenvalue weighted by atomic mass is 16.6. The topological polar surface area (TPSA) is 72.6 Å². The number of nitrogens with zero attached hydrogens (tertiary/aromatic N) is 1. The molecule has 0 radical (unpaired) electrons. The number of nitro benzene ring substituents is 1. The number of aliphatic hydroxyl groups is 1. The van der Waals surface area contributed by atoms with Gasteiger partial charge in [0.25, 0.3) is 0 Å². The highest BCUT2D eigenvalue weighted by Crippen LogP contribution is 2.32. The SMILES string of the molecule is CCOc1cc(C(C)C(O)CC)ccc1[N+](=O)[O-]. The van der Waals surface area contributed by atoms with E-state index in [2.05, 4.69) is 0 Å². The lowest BCUT2D eigenvalue weighted by molar-refractivity contribution is -0.385. The average molecular weight is 253 g/mol. The maximum absolute atomic E-state index is 10.8. The second-order valence-corrected chi connectivity index (χ2v) is 4.18. The number of rotatable bonds is 6. The van der Waals surface area contributed by atoms with Crippen LogP contribution >= 0.6 is 0 Å². The highest BCUT2D eigenvalue weighted by molar-refractivity contribution is 5.49. The van der Waals surface area contributed by atoms with Crippen LogP contribution in [0.15, 0.2) is 18.2 Å².